The number of para-hydroxylation sites is 1. The second kappa shape index (κ2) is 6.97. The average Bonchev–Trinajstić information content (AvgIpc) is 2.28. The van der Waals surface area contributed by atoms with E-state index in [1.807, 2.05) is 19.1 Å². The molecule has 0 fully saturated rings. The third-order valence-electron chi connectivity index (χ3n) is 2.60. The van der Waals surface area contributed by atoms with Crippen LogP contribution < -0.4 is 9.88 Å². The summed E-state index contributed by atoms with van der Waals surface area (Å²) < 4.78 is 27.1. The zero-order valence-corrected chi connectivity index (χ0v) is 11.9. The highest BCUT2D eigenvalue weighted by atomic mass is 35.5. The molecule has 0 aliphatic heterocycles. The van der Waals surface area contributed by atoms with Gasteiger partial charge in [0, 0.05) is 0 Å². The van der Waals surface area contributed by atoms with E-state index in [0.29, 0.717) is 23.8 Å². The third-order valence-corrected chi connectivity index (χ3v) is 3.72. The molecule has 1 unspecified atom stereocenters. The van der Waals surface area contributed by atoms with Gasteiger partial charge in [0.25, 0.3) is 0 Å². The van der Waals surface area contributed by atoms with Crippen LogP contribution in [0.2, 0.25) is 5.02 Å². The van der Waals surface area contributed by atoms with Crippen LogP contribution in [0.5, 0.6) is 5.75 Å². The minimum absolute atomic E-state index is 0.0141. The molecule has 102 valence electrons. The molecule has 1 aromatic carbocycles. The summed E-state index contributed by atoms with van der Waals surface area (Å²) in [5.41, 5.74) is 0. The first-order chi connectivity index (χ1) is 8.38. The monoisotopic (exact) mass is 291 g/mol. The largest absolute Gasteiger partial charge is 0.492 e. The highest BCUT2D eigenvalue weighted by Crippen LogP contribution is 2.23. The van der Waals surface area contributed by atoms with Crippen LogP contribution >= 0.6 is 11.6 Å². The predicted molar refractivity (Wildman–Crippen MR) is 73.3 cm³/mol. The van der Waals surface area contributed by atoms with Gasteiger partial charge >= 0.3 is 0 Å². The molecule has 0 aliphatic carbocycles. The van der Waals surface area contributed by atoms with E-state index in [0.717, 1.165) is 6.42 Å². The summed E-state index contributed by atoms with van der Waals surface area (Å²) in [5.74, 6) is 0.906. The Kier molecular flexibility index (Phi) is 5.91. The molecular formula is C12H18ClNO3S. The number of primary sulfonamides is 1. The maximum Gasteiger partial charge on any atom is 0.209 e. The number of rotatable bonds is 7. The normalized spacial score (nSPS) is 13.3. The summed E-state index contributed by atoms with van der Waals surface area (Å²) >= 11 is 5.94. The van der Waals surface area contributed by atoms with E-state index in [9.17, 15) is 8.42 Å². The van der Waals surface area contributed by atoms with Gasteiger partial charge in [0.2, 0.25) is 10.0 Å². The first-order valence-electron chi connectivity index (χ1n) is 5.76. The molecular weight excluding hydrogens is 274 g/mol. The van der Waals surface area contributed by atoms with E-state index in [1.54, 1.807) is 12.1 Å². The molecule has 6 heteroatoms. The smallest absolute Gasteiger partial charge is 0.209 e. The van der Waals surface area contributed by atoms with Crippen molar-refractivity contribution in [3.63, 3.8) is 0 Å². The minimum Gasteiger partial charge on any atom is -0.492 e. The van der Waals surface area contributed by atoms with Gasteiger partial charge in [-0.15, -0.1) is 0 Å². The molecule has 0 radical (unpaired) electrons. The van der Waals surface area contributed by atoms with Gasteiger partial charge in [-0.05, 0) is 30.9 Å². The number of ether oxygens (including phenoxy) is 1. The van der Waals surface area contributed by atoms with Crippen molar-refractivity contribution in [2.45, 2.75) is 19.8 Å². The van der Waals surface area contributed by atoms with Crippen LogP contribution in [-0.2, 0) is 10.0 Å². The quantitative estimate of drug-likeness (QED) is 0.839. The van der Waals surface area contributed by atoms with Crippen molar-refractivity contribution >= 4 is 21.6 Å². The summed E-state index contributed by atoms with van der Waals surface area (Å²) in [6.07, 6.45) is 1.31. The lowest BCUT2D eigenvalue weighted by molar-refractivity contribution is 0.282. The molecule has 0 aromatic heterocycles. The molecule has 0 amide bonds. The molecule has 0 saturated heterocycles. The van der Waals surface area contributed by atoms with E-state index in [-0.39, 0.29) is 11.7 Å². The van der Waals surface area contributed by atoms with Crippen LogP contribution in [0.4, 0.5) is 0 Å². The van der Waals surface area contributed by atoms with Crippen molar-refractivity contribution in [3.8, 4) is 5.75 Å². The molecule has 1 aromatic rings. The van der Waals surface area contributed by atoms with Gasteiger partial charge in [0.05, 0.1) is 17.4 Å². The summed E-state index contributed by atoms with van der Waals surface area (Å²) in [7, 11) is -3.37. The molecule has 0 heterocycles. The molecule has 0 aliphatic rings. The fourth-order valence-corrected chi connectivity index (χ4v) is 2.36. The first kappa shape index (κ1) is 15.3. The third kappa shape index (κ3) is 6.23. The Morgan fingerprint density at radius 3 is 2.61 bits per heavy atom. The molecule has 0 spiro atoms. The van der Waals surface area contributed by atoms with E-state index in [2.05, 4.69) is 0 Å². The van der Waals surface area contributed by atoms with Gasteiger partial charge in [-0.2, -0.15) is 0 Å². The van der Waals surface area contributed by atoms with Crippen LogP contribution in [0.3, 0.4) is 0 Å². The molecule has 4 nitrogen and oxygen atoms in total. The van der Waals surface area contributed by atoms with Crippen LogP contribution in [-0.4, -0.2) is 20.8 Å². The second-order valence-electron chi connectivity index (χ2n) is 4.33. The molecule has 1 rings (SSSR count). The number of hydrogen-bond donors (Lipinski definition) is 1. The highest BCUT2D eigenvalue weighted by Gasteiger charge is 2.09. The number of benzene rings is 1. The van der Waals surface area contributed by atoms with Gasteiger partial charge < -0.3 is 4.74 Å². The lowest BCUT2D eigenvalue weighted by Gasteiger charge is -2.12. The molecule has 1 atom stereocenters. The van der Waals surface area contributed by atoms with Gasteiger partial charge in [0.15, 0.2) is 0 Å². The first-order valence-corrected chi connectivity index (χ1v) is 7.85. The zero-order chi connectivity index (χ0) is 13.6. The Balaban J connectivity index is 2.28. The van der Waals surface area contributed by atoms with Crippen LogP contribution in [0, 0.1) is 5.92 Å². The highest BCUT2D eigenvalue weighted by molar-refractivity contribution is 7.89. The number of nitrogens with two attached hydrogens (primary N) is 1. The average molecular weight is 292 g/mol. The Hall–Kier alpha value is -0.780. The molecule has 0 bridgehead atoms. The van der Waals surface area contributed by atoms with Crippen molar-refractivity contribution in [2.75, 3.05) is 12.4 Å². The van der Waals surface area contributed by atoms with E-state index in [1.165, 1.54) is 0 Å². The maximum absolute atomic E-state index is 10.8. The lowest BCUT2D eigenvalue weighted by atomic mass is 10.1. The number of halogens is 1. The van der Waals surface area contributed by atoms with Crippen molar-refractivity contribution < 1.29 is 13.2 Å². The molecule has 2 N–H and O–H groups in total. The van der Waals surface area contributed by atoms with Gasteiger partial charge in [-0.25, -0.2) is 13.6 Å². The summed E-state index contributed by atoms with van der Waals surface area (Å²) in [6.45, 7) is 2.48. The molecule has 18 heavy (non-hydrogen) atoms. The second-order valence-corrected chi connectivity index (χ2v) is 6.47. The minimum atomic E-state index is -3.37. The Morgan fingerprint density at radius 1 is 1.33 bits per heavy atom. The SMILES string of the molecule is CC(CCOc1ccccc1Cl)CCS(N)(=O)=O. The fraction of sp³-hybridized carbons (Fsp3) is 0.500. The Labute approximate surface area is 113 Å². The van der Waals surface area contributed by atoms with Crippen LogP contribution in [0.15, 0.2) is 24.3 Å². The number of hydrogen-bond acceptors (Lipinski definition) is 3. The predicted octanol–water partition coefficient (Wildman–Crippen LogP) is 2.42. The van der Waals surface area contributed by atoms with Crippen molar-refractivity contribution in [2.24, 2.45) is 11.1 Å². The number of sulfonamides is 1. The van der Waals surface area contributed by atoms with Gasteiger partial charge in [-0.3, -0.25) is 0 Å². The van der Waals surface area contributed by atoms with Crippen LogP contribution in [0.25, 0.3) is 0 Å². The fourth-order valence-electron chi connectivity index (χ4n) is 1.44. The van der Waals surface area contributed by atoms with E-state index >= 15 is 0 Å². The van der Waals surface area contributed by atoms with Crippen molar-refractivity contribution in [1.82, 2.24) is 0 Å². The van der Waals surface area contributed by atoms with Gasteiger partial charge in [0.1, 0.15) is 5.75 Å². The van der Waals surface area contributed by atoms with Gasteiger partial charge in [-0.1, -0.05) is 30.7 Å². The Bertz CT molecular complexity index is 476. The van der Waals surface area contributed by atoms with Crippen molar-refractivity contribution in [3.05, 3.63) is 29.3 Å². The maximum atomic E-state index is 10.8. The van der Waals surface area contributed by atoms with E-state index < -0.39 is 10.0 Å². The topological polar surface area (TPSA) is 69.4 Å². The van der Waals surface area contributed by atoms with E-state index in [4.69, 9.17) is 21.5 Å². The standard InChI is InChI=1S/C12H18ClNO3S/c1-10(7-9-18(14,15)16)6-8-17-12-5-3-2-4-11(12)13/h2-5,10H,6-9H2,1H3,(H2,14,15,16). The summed E-state index contributed by atoms with van der Waals surface area (Å²) in [5, 5.41) is 5.53. The van der Waals surface area contributed by atoms with Crippen LogP contribution in [0.1, 0.15) is 19.8 Å². The zero-order valence-electron chi connectivity index (χ0n) is 10.3. The Morgan fingerprint density at radius 2 is 2.00 bits per heavy atom. The molecule has 0 saturated carbocycles. The summed E-state index contributed by atoms with van der Waals surface area (Å²) in [4.78, 5) is 0. The lowest BCUT2D eigenvalue weighted by Crippen LogP contribution is -2.18. The summed E-state index contributed by atoms with van der Waals surface area (Å²) in [6, 6.07) is 7.26. The van der Waals surface area contributed by atoms with Crippen molar-refractivity contribution in [1.29, 1.82) is 0 Å².